The van der Waals surface area contributed by atoms with Gasteiger partial charge in [0.25, 0.3) is 5.91 Å². The molecule has 0 radical (unpaired) electrons. The number of carbonyl (C=O) groups is 1. The van der Waals surface area contributed by atoms with Crippen molar-refractivity contribution < 1.29 is 9.90 Å². The molecule has 0 bridgehead atoms. The summed E-state index contributed by atoms with van der Waals surface area (Å²) >= 11 is 1.67. The number of aliphatic hydroxyl groups excluding tert-OH is 1. The van der Waals surface area contributed by atoms with Crippen molar-refractivity contribution in [1.82, 2.24) is 4.90 Å². The monoisotopic (exact) mass is 307 g/mol. The molecular formula is C17H25NO2S. The quantitative estimate of drug-likeness (QED) is 0.866. The highest BCUT2D eigenvalue weighted by atomic mass is 32.1. The predicted molar refractivity (Wildman–Crippen MR) is 85.8 cm³/mol. The van der Waals surface area contributed by atoms with Crippen molar-refractivity contribution in [3.8, 4) is 0 Å². The average Bonchev–Trinajstić information content (AvgIpc) is 3.01. The Bertz CT molecular complexity index is 543. The van der Waals surface area contributed by atoms with Crippen LogP contribution in [0.1, 0.15) is 53.7 Å². The molecule has 1 N–H and O–H groups in total. The van der Waals surface area contributed by atoms with Crippen LogP contribution < -0.4 is 0 Å². The number of thiophene rings is 1. The molecule has 1 aromatic rings. The second kappa shape index (κ2) is 5.40. The number of rotatable bonds is 1. The van der Waals surface area contributed by atoms with Crippen molar-refractivity contribution in [2.24, 2.45) is 11.3 Å². The van der Waals surface area contributed by atoms with Gasteiger partial charge >= 0.3 is 0 Å². The summed E-state index contributed by atoms with van der Waals surface area (Å²) < 4.78 is 0. The molecule has 1 aromatic heterocycles. The van der Waals surface area contributed by atoms with E-state index in [0.29, 0.717) is 30.8 Å². The summed E-state index contributed by atoms with van der Waals surface area (Å²) in [6.45, 7) is 8.12. The lowest BCUT2D eigenvalue weighted by atomic mass is 9.72. The first-order valence-corrected chi connectivity index (χ1v) is 8.75. The van der Waals surface area contributed by atoms with Crippen molar-refractivity contribution in [3.63, 3.8) is 0 Å². The Balaban J connectivity index is 1.76. The summed E-state index contributed by atoms with van der Waals surface area (Å²) in [4.78, 5) is 16.6. The summed E-state index contributed by atoms with van der Waals surface area (Å²) in [6.07, 6.45) is 3.81. The zero-order valence-electron chi connectivity index (χ0n) is 13.2. The van der Waals surface area contributed by atoms with Gasteiger partial charge in [0.15, 0.2) is 0 Å². The maximum atomic E-state index is 12.5. The van der Waals surface area contributed by atoms with E-state index in [1.807, 2.05) is 0 Å². The van der Waals surface area contributed by atoms with E-state index >= 15 is 0 Å². The fourth-order valence-electron chi connectivity index (χ4n) is 3.45. The van der Waals surface area contributed by atoms with Gasteiger partial charge in [0, 0.05) is 18.0 Å². The number of amides is 1. The first-order valence-electron chi connectivity index (χ1n) is 7.93. The predicted octanol–water partition coefficient (Wildman–Crippen LogP) is 3.11. The topological polar surface area (TPSA) is 40.5 Å². The van der Waals surface area contributed by atoms with Gasteiger partial charge in [-0.15, -0.1) is 11.3 Å². The van der Waals surface area contributed by atoms with Crippen molar-refractivity contribution in [3.05, 3.63) is 21.4 Å². The second-order valence-corrected chi connectivity index (χ2v) is 8.70. The molecule has 0 saturated carbocycles. The van der Waals surface area contributed by atoms with E-state index in [9.17, 15) is 9.90 Å². The summed E-state index contributed by atoms with van der Waals surface area (Å²) in [5, 5.41) is 9.59. The fraction of sp³-hybridized carbons (Fsp3) is 0.706. The molecule has 2 aliphatic rings. The van der Waals surface area contributed by atoms with Crippen LogP contribution in [0.2, 0.25) is 0 Å². The minimum absolute atomic E-state index is 0.109. The Hall–Kier alpha value is -0.870. The molecule has 1 amide bonds. The zero-order chi connectivity index (χ0) is 15.2. The molecule has 1 fully saturated rings. The van der Waals surface area contributed by atoms with E-state index in [-0.39, 0.29) is 12.0 Å². The number of β-amino-alcohol motifs (C(OH)–C–C–N with tert-alkyl or cyclic N) is 1. The van der Waals surface area contributed by atoms with Gasteiger partial charge in [-0.1, -0.05) is 20.8 Å². The molecular weight excluding hydrogens is 282 g/mol. The maximum Gasteiger partial charge on any atom is 0.264 e. The van der Waals surface area contributed by atoms with Crippen LogP contribution in [0.4, 0.5) is 0 Å². The summed E-state index contributed by atoms with van der Waals surface area (Å²) in [6, 6.07) is 2.12. The van der Waals surface area contributed by atoms with E-state index in [2.05, 4.69) is 26.8 Å². The summed E-state index contributed by atoms with van der Waals surface area (Å²) in [5.41, 5.74) is 1.72. The lowest BCUT2D eigenvalue weighted by molar-refractivity contribution is 0.0769. The first-order chi connectivity index (χ1) is 9.84. The zero-order valence-corrected chi connectivity index (χ0v) is 14.0. The van der Waals surface area contributed by atoms with E-state index in [4.69, 9.17) is 0 Å². The Labute approximate surface area is 131 Å². The van der Waals surface area contributed by atoms with Crippen LogP contribution in [0.15, 0.2) is 6.07 Å². The van der Waals surface area contributed by atoms with Gasteiger partial charge < -0.3 is 10.0 Å². The fourth-order valence-corrected chi connectivity index (χ4v) is 4.63. The van der Waals surface area contributed by atoms with Gasteiger partial charge in [-0.3, -0.25) is 4.79 Å². The van der Waals surface area contributed by atoms with Crippen molar-refractivity contribution in [2.45, 2.75) is 52.6 Å². The molecule has 1 saturated heterocycles. The van der Waals surface area contributed by atoms with E-state index in [1.165, 1.54) is 16.9 Å². The van der Waals surface area contributed by atoms with Gasteiger partial charge in [-0.05, 0) is 48.6 Å². The van der Waals surface area contributed by atoms with Gasteiger partial charge in [-0.2, -0.15) is 0 Å². The molecule has 2 heterocycles. The third-order valence-electron chi connectivity index (χ3n) is 4.97. The minimum atomic E-state index is -0.339. The molecule has 116 valence electrons. The van der Waals surface area contributed by atoms with Gasteiger partial charge in [0.1, 0.15) is 0 Å². The highest BCUT2D eigenvalue weighted by molar-refractivity contribution is 7.14. The smallest absolute Gasteiger partial charge is 0.264 e. The van der Waals surface area contributed by atoms with Crippen LogP contribution in [-0.4, -0.2) is 35.1 Å². The van der Waals surface area contributed by atoms with Gasteiger partial charge in [-0.25, -0.2) is 0 Å². The number of aryl methyl sites for hydroxylation is 1. The van der Waals surface area contributed by atoms with Crippen LogP contribution in [0.25, 0.3) is 0 Å². The Morgan fingerprint density at radius 2 is 2.14 bits per heavy atom. The molecule has 3 nitrogen and oxygen atoms in total. The Kier molecular flexibility index (Phi) is 3.87. The largest absolute Gasteiger partial charge is 0.391 e. The second-order valence-electron chi connectivity index (χ2n) is 7.56. The molecule has 1 aliphatic heterocycles. The standard InChI is InChI=1S/C17H25NO2S/c1-17(2,3)12-4-5-14-11(8-12)9-15(21-14)16(20)18-7-6-13(19)10-18/h9,12-13,19H,4-8,10H2,1-3H3/t12?,13-/m0/s1. The number of fused-ring (bicyclic) bond motifs is 1. The van der Waals surface area contributed by atoms with Crippen LogP contribution in [0.5, 0.6) is 0 Å². The molecule has 4 heteroatoms. The molecule has 0 aromatic carbocycles. The summed E-state index contributed by atoms with van der Waals surface area (Å²) in [7, 11) is 0. The number of likely N-dealkylation sites (tertiary alicyclic amines) is 1. The van der Waals surface area contributed by atoms with E-state index in [1.54, 1.807) is 16.2 Å². The van der Waals surface area contributed by atoms with Gasteiger partial charge in [0.05, 0.1) is 11.0 Å². The molecule has 2 atom stereocenters. The minimum Gasteiger partial charge on any atom is -0.391 e. The lowest BCUT2D eigenvalue weighted by Crippen LogP contribution is -2.28. The van der Waals surface area contributed by atoms with Gasteiger partial charge in [0.2, 0.25) is 0 Å². The molecule has 3 rings (SSSR count). The Morgan fingerprint density at radius 3 is 2.76 bits per heavy atom. The molecule has 1 aliphatic carbocycles. The number of carbonyl (C=O) groups excluding carboxylic acids is 1. The third-order valence-corrected chi connectivity index (χ3v) is 6.19. The SMILES string of the molecule is CC(C)(C)C1CCc2sc(C(=O)N3CC[C@H](O)C3)cc2C1. The normalized spacial score (nSPS) is 26.0. The van der Waals surface area contributed by atoms with Crippen LogP contribution in [0, 0.1) is 11.3 Å². The first kappa shape index (κ1) is 15.0. The van der Waals surface area contributed by atoms with E-state index in [0.717, 1.165) is 17.7 Å². The van der Waals surface area contributed by atoms with Crippen molar-refractivity contribution in [2.75, 3.05) is 13.1 Å². The highest BCUT2D eigenvalue weighted by Gasteiger charge is 2.32. The number of hydrogen-bond acceptors (Lipinski definition) is 3. The van der Waals surface area contributed by atoms with Crippen molar-refractivity contribution in [1.29, 1.82) is 0 Å². The molecule has 0 spiro atoms. The number of hydrogen-bond donors (Lipinski definition) is 1. The maximum absolute atomic E-state index is 12.5. The Morgan fingerprint density at radius 1 is 1.38 bits per heavy atom. The lowest BCUT2D eigenvalue weighted by Gasteiger charge is -2.33. The van der Waals surface area contributed by atoms with E-state index < -0.39 is 0 Å². The molecule has 21 heavy (non-hydrogen) atoms. The third kappa shape index (κ3) is 3.02. The van der Waals surface area contributed by atoms with Crippen LogP contribution in [-0.2, 0) is 12.8 Å². The molecule has 1 unspecified atom stereocenters. The van der Waals surface area contributed by atoms with Crippen molar-refractivity contribution >= 4 is 17.2 Å². The number of aliphatic hydroxyl groups is 1. The summed E-state index contributed by atoms with van der Waals surface area (Å²) in [5.74, 6) is 0.814. The average molecular weight is 307 g/mol. The van der Waals surface area contributed by atoms with Crippen LogP contribution >= 0.6 is 11.3 Å². The van der Waals surface area contributed by atoms with Crippen LogP contribution in [0.3, 0.4) is 0 Å². The number of nitrogens with zero attached hydrogens (tertiary/aromatic N) is 1. The highest BCUT2D eigenvalue weighted by Crippen LogP contribution is 2.40.